The van der Waals surface area contributed by atoms with Crippen molar-refractivity contribution in [2.75, 3.05) is 0 Å². The van der Waals surface area contributed by atoms with Crippen molar-refractivity contribution in [3.8, 4) is 11.4 Å². The van der Waals surface area contributed by atoms with E-state index in [9.17, 15) is 9.90 Å². The first kappa shape index (κ1) is 11.1. The number of benzene rings is 2. The van der Waals surface area contributed by atoms with Gasteiger partial charge in [-0.15, -0.1) is 0 Å². The second kappa shape index (κ2) is 4.03. The first-order valence-corrected chi connectivity index (χ1v) is 6.15. The van der Waals surface area contributed by atoms with Gasteiger partial charge in [0.15, 0.2) is 0 Å². The molecule has 1 heterocycles. The Morgan fingerprint density at radius 1 is 1.11 bits per heavy atom. The molecule has 90 valence electrons. The molecule has 0 fully saturated rings. The number of hydrogen-bond donors (Lipinski definition) is 2. The van der Waals surface area contributed by atoms with Gasteiger partial charge in [0.1, 0.15) is 5.75 Å². The van der Waals surface area contributed by atoms with Crippen LogP contribution in [-0.2, 0) is 0 Å². The van der Waals surface area contributed by atoms with Gasteiger partial charge in [-0.3, -0.25) is 4.57 Å². The van der Waals surface area contributed by atoms with Gasteiger partial charge in [-0.25, -0.2) is 4.79 Å². The summed E-state index contributed by atoms with van der Waals surface area (Å²) in [6, 6.07) is 12.3. The zero-order chi connectivity index (χ0) is 12.7. The minimum Gasteiger partial charge on any atom is -0.506 e. The summed E-state index contributed by atoms with van der Waals surface area (Å²) in [5.41, 5.74) is 1.61. The summed E-state index contributed by atoms with van der Waals surface area (Å²) < 4.78 is 2.25. The largest absolute Gasteiger partial charge is 0.506 e. The van der Waals surface area contributed by atoms with Crippen LogP contribution in [-0.4, -0.2) is 14.7 Å². The molecule has 18 heavy (non-hydrogen) atoms. The average Bonchev–Trinajstić information content (AvgIpc) is 2.68. The first-order valence-electron chi connectivity index (χ1n) is 5.36. The Hall–Kier alpha value is -2.01. The Labute approximate surface area is 111 Å². The number of phenolic OH excluding ortho intramolecular Hbond substituents is 1. The maximum absolute atomic E-state index is 12.0. The highest BCUT2D eigenvalue weighted by molar-refractivity contribution is 9.10. The number of aromatic amines is 1. The standard InChI is InChI=1S/C13H9BrN2O2/c14-8-4-3-5-9-12(8)16(13(18)15-9)10-6-1-2-7-11(10)17/h1-7,17H,(H,15,18). The average molecular weight is 305 g/mol. The van der Waals surface area contributed by atoms with Gasteiger partial charge >= 0.3 is 5.69 Å². The van der Waals surface area contributed by atoms with E-state index in [1.807, 2.05) is 18.2 Å². The number of para-hydroxylation sites is 3. The highest BCUT2D eigenvalue weighted by Gasteiger charge is 2.13. The van der Waals surface area contributed by atoms with Crippen LogP contribution in [0.2, 0.25) is 0 Å². The summed E-state index contributed by atoms with van der Waals surface area (Å²) in [7, 11) is 0. The van der Waals surface area contributed by atoms with Gasteiger partial charge in [0.2, 0.25) is 0 Å². The number of phenols is 1. The summed E-state index contributed by atoms with van der Waals surface area (Å²) in [5.74, 6) is 0.0660. The highest BCUT2D eigenvalue weighted by Crippen LogP contribution is 2.27. The smallest absolute Gasteiger partial charge is 0.331 e. The predicted octanol–water partition coefficient (Wildman–Crippen LogP) is 2.79. The Bertz CT molecular complexity index is 789. The normalized spacial score (nSPS) is 10.9. The molecule has 4 nitrogen and oxygen atoms in total. The second-order valence-corrected chi connectivity index (χ2v) is 4.74. The lowest BCUT2D eigenvalue weighted by molar-refractivity contribution is 0.472. The monoisotopic (exact) mass is 304 g/mol. The van der Waals surface area contributed by atoms with Crippen LogP contribution in [0.4, 0.5) is 0 Å². The summed E-state index contributed by atoms with van der Waals surface area (Å²) in [4.78, 5) is 14.8. The van der Waals surface area contributed by atoms with Crippen molar-refractivity contribution >= 4 is 27.0 Å². The van der Waals surface area contributed by atoms with E-state index in [1.54, 1.807) is 24.3 Å². The number of aromatic nitrogens is 2. The summed E-state index contributed by atoms with van der Waals surface area (Å²) in [5, 5.41) is 9.87. The van der Waals surface area contributed by atoms with E-state index in [0.717, 1.165) is 9.99 Å². The lowest BCUT2D eigenvalue weighted by Crippen LogP contribution is -2.14. The highest BCUT2D eigenvalue weighted by atomic mass is 79.9. The number of hydrogen-bond acceptors (Lipinski definition) is 2. The van der Waals surface area contributed by atoms with E-state index < -0.39 is 0 Å². The molecular formula is C13H9BrN2O2. The molecule has 0 atom stereocenters. The second-order valence-electron chi connectivity index (χ2n) is 3.89. The molecule has 2 N–H and O–H groups in total. The molecule has 0 saturated heterocycles. The van der Waals surface area contributed by atoms with Crippen LogP contribution in [0.5, 0.6) is 5.75 Å². The van der Waals surface area contributed by atoms with Gasteiger partial charge in [0.25, 0.3) is 0 Å². The van der Waals surface area contributed by atoms with Gasteiger partial charge in [-0.2, -0.15) is 0 Å². The quantitative estimate of drug-likeness (QED) is 0.726. The van der Waals surface area contributed by atoms with Crippen molar-refractivity contribution in [2.24, 2.45) is 0 Å². The van der Waals surface area contributed by atoms with Crippen molar-refractivity contribution in [3.63, 3.8) is 0 Å². The molecule has 1 aromatic heterocycles. The topological polar surface area (TPSA) is 58.0 Å². The van der Waals surface area contributed by atoms with Crippen molar-refractivity contribution in [1.82, 2.24) is 9.55 Å². The molecule has 2 aromatic carbocycles. The van der Waals surface area contributed by atoms with Gasteiger partial charge in [-0.05, 0) is 40.2 Å². The Kier molecular flexibility index (Phi) is 2.48. The Balaban J connectivity index is 2.47. The lowest BCUT2D eigenvalue weighted by Gasteiger charge is -2.06. The number of imidazole rings is 1. The number of aromatic hydroxyl groups is 1. The van der Waals surface area contributed by atoms with Crippen molar-refractivity contribution in [2.45, 2.75) is 0 Å². The third-order valence-corrected chi connectivity index (χ3v) is 3.42. The molecule has 0 radical (unpaired) electrons. The minimum atomic E-state index is -0.279. The van der Waals surface area contributed by atoms with Crippen molar-refractivity contribution < 1.29 is 5.11 Å². The molecule has 0 spiro atoms. The van der Waals surface area contributed by atoms with Gasteiger partial charge in [-0.1, -0.05) is 18.2 Å². The van der Waals surface area contributed by atoms with Crippen LogP contribution >= 0.6 is 15.9 Å². The number of halogens is 1. The number of H-pyrrole nitrogens is 1. The lowest BCUT2D eigenvalue weighted by atomic mass is 10.2. The number of rotatable bonds is 1. The molecule has 0 aliphatic heterocycles. The zero-order valence-corrected chi connectivity index (χ0v) is 10.8. The summed E-state index contributed by atoms with van der Waals surface area (Å²) >= 11 is 3.42. The first-order chi connectivity index (χ1) is 8.68. The molecule has 5 heteroatoms. The van der Waals surface area contributed by atoms with Crippen LogP contribution in [0.1, 0.15) is 0 Å². The fraction of sp³-hybridized carbons (Fsp3) is 0. The SMILES string of the molecule is O=c1[nH]c2cccc(Br)c2n1-c1ccccc1O. The van der Waals surface area contributed by atoms with Gasteiger partial charge in [0.05, 0.1) is 16.7 Å². The minimum absolute atomic E-state index is 0.0660. The van der Waals surface area contributed by atoms with Crippen LogP contribution in [0.3, 0.4) is 0 Å². The van der Waals surface area contributed by atoms with Crippen molar-refractivity contribution in [3.05, 3.63) is 57.4 Å². The van der Waals surface area contributed by atoms with Crippen LogP contribution in [0.25, 0.3) is 16.7 Å². The molecule has 0 saturated carbocycles. The van der Waals surface area contributed by atoms with Gasteiger partial charge < -0.3 is 10.1 Å². The van der Waals surface area contributed by atoms with E-state index in [0.29, 0.717) is 11.2 Å². The fourth-order valence-electron chi connectivity index (χ4n) is 2.00. The molecule has 0 bridgehead atoms. The third-order valence-electron chi connectivity index (χ3n) is 2.78. The molecule has 0 amide bonds. The van der Waals surface area contributed by atoms with Gasteiger partial charge in [0, 0.05) is 4.47 Å². The van der Waals surface area contributed by atoms with E-state index in [-0.39, 0.29) is 11.4 Å². The predicted molar refractivity (Wildman–Crippen MR) is 73.3 cm³/mol. The fourth-order valence-corrected chi connectivity index (χ4v) is 2.54. The Morgan fingerprint density at radius 3 is 2.67 bits per heavy atom. The molecule has 0 aliphatic rings. The van der Waals surface area contributed by atoms with Crippen LogP contribution in [0.15, 0.2) is 51.7 Å². The number of fused-ring (bicyclic) bond motifs is 1. The summed E-state index contributed by atoms with van der Waals surface area (Å²) in [6.45, 7) is 0. The van der Waals surface area contributed by atoms with E-state index >= 15 is 0 Å². The van der Waals surface area contributed by atoms with E-state index in [1.165, 1.54) is 4.57 Å². The Morgan fingerprint density at radius 2 is 1.89 bits per heavy atom. The number of nitrogens with zero attached hydrogens (tertiary/aromatic N) is 1. The maximum atomic E-state index is 12.0. The maximum Gasteiger partial charge on any atom is 0.331 e. The van der Waals surface area contributed by atoms with E-state index in [2.05, 4.69) is 20.9 Å². The number of nitrogens with one attached hydrogen (secondary N) is 1. The molecule has 0 aliphatic carbocycles. The molecular weight excluding hydrogens is 296 g/mol. The molecule has 0 unspecified atom stereocenters. The summed E-state index contributed by atoms with van der Waals surface area (Å²) in [6.07, 6.45) is 0. The van der Waals surface area contributed by atoms with E-state index in [4.69, 9.17) is 0 Å². The van der Waals surface area contributed by atoms with Crippen LogP contribution in [0, 0.1) is 0 Å². The van der Waals surface area contributed by atoms with Crippen LogP contribution < -0.4 is 5.69 Å². The van der Waals surface area contributed by atoms with Crippen molar-refractivity contribution in [1.29, 1.82) is 0 Å². The zero-order valence-electron chi connectivity index (χ0n) is 9.22. The third kappa shape index (κ3) is 1.55. The molecule has 3 aromatic rings. The molecule has 3 rings (SSSR count).